The summed E-state index contributed by atoms with van der Waals surface area (Å²) in [4.78, 5) is 9.06. The smallest absolute Gasteiger partial charge is 0.229 e. The highest BCUT2D eigenvalue weighted by Crippen LogP contribution is 2.29. The number of benzene rings is 2. The van der Waals surface area contributed by atoms with Crippen LogP contribution in [0.4, 0.5) is 23.1 Å². The molecule has 0 atom stereocenters. The van der Waals surface area contributed by atoms with E-state index in [2.05, 4.69) is 46.6 Å². The van der Waals surface area contributed by atoms with Crippen LogP contribution in [0.5, 0.6) is 5.75 Å². The molecule has 0 aliphatic carbocycles. The molecule has 26 heavy (non-hydrogen) atoms. The van der Waals surface area contributed by atoms with Crippen LogP contribution in [-0.4, -0.2) is 17.1 Å². The van der Waals surface area contributed by atoms with E-state index in [1.165, 1.54) is 0 Å². The minimum Gasteiger partial charge on any atom is -0.495 e. The van der Waals surface area contributed by atoms with Crippen LogP contribution < -0.4 is 15.4 Å². The SMILES string of the molecule is COc1ccc(Nc2cc(C)nc(Nc3c(C)cccc3C)n2)cc1Cl. The van der Waals surface area contributed by atoms with E-state index < -0.39 is 0 Å². The van der Waals surface area contributed by atoms with Gasteiger partial charge in [0.25, 0.3) is 0 Å². The Kier molecular flexibility index (Phi) is 5.28. The number of ether oxygens (including phenoxy) is 1. The third kappa shape index (κ3) is 4.06. The van der Waals surface area contributed by atoms with Crippen LogP contribution in [0.1, 0.15) is 16.8 Å². The number of anilines is 4. The molecule has 5 nitrogen and oxygen atoms in total. The molecule has 1 aromatic heterocycles. The molecule has 134 valence electrons. The van der Waals surface area contributed by atoms with Crippen molar-refractivity contribution in [3.8, 4) is 5.75 Å². The van der Waals surface area contributed by atoms with Crippen molar-refractivity contribution in [2.75, 3.05) is 17.7 Å². The number of hydrogen-bond donors (Lipinski definition) is 2. The normalized spacial score (nSPS) is 10.5. The Morgan fingerprint density at radius 1 is 0.923 bits per heavy atom. The third-order valence-corrected chi connectivity index (χ3v) is 4.29. The number of aryl methyl sites for hydroxylation is 3. The van der Waals surface area contributed by atoms with Crippen molar-refractivity contribution in [2.45, 2.75) is 20.8 Å². The van der Waals surface area contributed by atoms with Gasteiger partial charge in [-0.05, 0) is 50.1 Å². The molecule has 0 saturated heterocycles. The molecule has 1 heterocycles. The van der Waals surface area contributed by atoms with Crippen LogP contribution in [0.3, 0.4) is 0 Å². The predicted molar refractivity (Wildman–Crippen MR) is 107 cm³/mol. The molecule has 6 heteroatoms. The lowest BCUT2D eigenvalue weighted by Crippen LogP contribution is -2.04. The Balaban J connectivity index is 1.87. The van der Waals surface area contributed by atoms with Crippen molar-refractivity contribution in [2.24, 2.45) is 0 Å². The van der Waals surface area contributed by atoms with Gasteiger partial charge in [0.05, 0.1) is 12.1 Å². The van der Waals surface area contributed by atoms with Gasteiger partial charge >= 0.3 is 0 Å². The van der Waals surface area contributed by atoms with E-state index in [1.807, 2.05) is 31.2 Å². The standard InChI is InChI=1S/C20H21ClN4O/c1-12-6-5-7-13(2)19(12)25-20-22-14(3)10-18(24-20)23-15-8-9-17(26-4)16(21)11-15/h5-11H,1-4H3,(H2,22,23,24,25). The second kappa shape index (κ2) is 7.62. The summed E-state index contributed by atoms with van der Waals surface area (Å²) in [5.74, 6) is 1.87. The Morgan fingerprint density at radius 2 is 1.65 bits per heavy atom. The number of para-hydroxylation sites is 1. The molecule has 0 amide bonds. The van der Waals surface area contributed by atoms with Gasteiger partial charge < -0.3 is 15.4 Å². The zero-order valence-electron chi connectivity index (χ0n) is 15.2. The molecule has 0 unspecified atom stereocenters. The number of aromatic nitrogens is 2. The van der Waals surface area contributed by atoms with E-state index in [1.54, 1.807) is 13.2 Å². The lowest BCUT2D eigenvalue weighted by molar-refractivity contribution is 0.415. The van der Waals surface area contributed by atoms with Gasteiger partial charge in [-0.3, -0.25) is 0 Å². The summed E-state index contributed by atoms with van der Waals surface area (Å²) in [7, 11) is 1.59. The zero-order valence-corrected chi connectivity index (χ0v) is 16.0. The van der Waals surface area contributed by atoms with Crippen molar-refractivity contribution >= 4 is 34.7 Å². The fourth-order valence-corrected chi connectivity index (χ4v) is 2.96. The highest BCUT2D eigenvalue weighted by Gasteiger charge is 2.08. The first-order valence-electron chi connectivity index (χ1n) is 8.26. The average Bonchev–Trinajstić information content (AvgIpc) is 2.58. The fourth-order valence-electron chi connectivity index (χ4n) is 2.70. The zero-order chi connectivity index (χ0) is 18.7. The van der Waals surface area contributed by atoms with E-state index in [9.17, 15) is 0 Å². The number of methoxy groups -OCH3 is 1. The van der Waals surface area contributed by atoms with Gasteiger partial charge in [0.1, 0.15) is 11.6 Å². The summed E-state index contributed by atoms with van der Waals surface area (Å²) < 4.78 is 5.18. The lowest BCUT2D eigenvalue weighted by atomic mass is 10.1. The van der Waals surface area contributed by atoms with E-state index in [0.717, 1.165) is 28.2 Å². The van der Waals surface area contributed by atoms with E-state index in [-0.39, 0.29) is 0 Å². The van der Waals surface area contributed by atoms with Gasteiger partial charge in [-0.1, -0.05) is 29.8 Å². The molecule has 0 spiro atoms. The Hall–Kier alpha value is -2.79. The molecule has 0 fully saturated rings. The van der Waals surface area contributed by atoms with Crippen molar-refractivity contribution in [3.63, 3.8) is 0 Å². The number of hydrogen-bond acceptors (Lipinski definition) is 5. The van der Waals surface area contributed by atoms with Crippen LogP contribution in [0, 0.1) is 20.8 Å². The fraction of sp³-hybridized carbons (Fsp3) is 0.200. The maximum atomic E-state index is 6.19. The van der Waals surface area contributed by atoms with Crippen molar-refractivity contribution in [3.05, 3.63) is 64.3 Å². The molecule has 0 bridgehead atoms. The van der Waals surface area contributed by atoms with Crippen molar-refractivity contribution in [1.29, 1.82) is 0 Å². The average molecular weight is 369 g/mol. The predicted octanol–water partition coefficient (Wildman–Crippen LogP) is 5.55. The topological polar surface area (TPSA) is 59.1 Å². The summed E-state index contributed by atoms with van der Waals surface area (Å²) >= 11 is 6.19. The molecular weight excluding hydrogens is 348 g/mol. The number of nitrogens with zero attached hydrogens (tertiary/aromatic N) is 2. The highest BCUT2D eigenvalue weighted by atomic mass is 35.5. The summed E-state index contributed by atoms with van der Waals surface area (Å²) in [5, 5.41) is 7.13. The van der Waals surface area contributed by atoms with Crippen LogP contribution in [-0.2, 0) is 0 Å². The maximum Gasteiger partial charge on any atom is 0.229 e. The number of nitrogens with one attached hydrogen (secondary N) is 2. The van der Waals surface area contributed by atoms with Gasteiger partial charge in [-0.25, -0.2) is 4.98 Å². The van der Waals surface area contributed by atoms with Crippen LogP contribution in [0.25, 0.3) is 0 Å². The van der Waals surface area contributed by atoms with Gasteiger partial charge in [0, 0.05) is 23.1 Å². The quantitative estimate of drug-likeness (QED) is 0.618. The first-order chi connectivity index (χ1) is 12.5. The number of halogens is 1. The lowest BCUT2D eigenvalue weighted by Gasteiger charge is -2.13. The molecule has 0 aliphatic heterocycles. The molecule has 2 N–H and O–H groups in total. The minimum atomic E-state index is 0.539. The first-order valence-corrected chi connectivity index (χ1v) is 8.63. The Labute approximate surface area is 158 Å². The molecule has 3 aromatic rings. The summed E-state index contributed by atoms with van der Waals surface area (Å²) in [5.41, 5.74) is 5.00. The summed E-state index contributed by atoms with van der Waals surface area (Å²) in [6, 6.07) is 13.5. The minimum absolute atomic E-state index is 0.539. The molecule has 0 aliphatic rings. The van der Waals surface area contributed by atoms with Crippen LogP contribution in [0.2, 0.25) is 5.02 Å². The van der Waals surface area contributed by atoms with Gasteiger partial charge in [0.2, 0.25) is 5.95 Å². The second-order valence-electron chi connectivity index (χ2n) is 6.08. The largest absolute Gasteiger partial charge is 0.495 e. The summed E-state index contributed by atoms with van der Waals surface area (Å²) in [6.07, 6.45) is 0. The van der Waals surface area contributed by atoms with Gasteiger partial charge in [-0.15, -0.1) is 0 Å². The second-order valence-corrected chi connectivity index (χ2v) is 6.49. The first kappa shape index (κ1) is 18.0. The Morgan fingerprint density at radius 3 is 2.31 bits per heavy atom. The molecule has 0 radical (unpaired) electrons. The van der Waals surface area contributed by atoms with Crippen molar-refractivity contribution < 1.29 is 4.74 Å². The Bertz CT molecular complexity index is 923. The van der Waals surface area contributed by atoms with Crippen LogP contribution in [0.15, 0.2) is 42.5 Å². The van der Waals surface area contributed by atoms with Gasteiger partial charge in [-0.2, -0.15) is 4.98 Å². The van der Waals surface area contributed by atoms with Gasteiger partial charge in [0.15, 0.2) is 0 Å². The maximum absolute atomic E-state index is 6.19. The van der Waals surface area contributed by atoms with Crippen molar-refractivity contribution in [1.82, 2.24) is 9.97 Å². The molecule has 0 saturated carbocycles. The number of rotatable bonds is 5. The molecule has 2 aromatic carbocycles. The van der Waals surface area contributed by atoms with E-state index >= 15 is 0 Å². The monoisotopic (exact) mass is 368 g/mol. The summed E-state index contributed by atoms with van der Waals surface area (Å²) in [6.45, 7) is 6.05. The third-order valence-electron chi connectivity index (χ3n) is 4.00. The van der Waals surface area contributed by atoms with E-state index in [0.29, 0.717) is 22.5 Å². The van der Waals surface area contributed by atoms with E-state index in [4.69, 9.17) is 16.3 Å². The molecule has 3 rings (SSSR count). The van der Waals surface area contributed by atoms with Crippen LogP contribution >= 0.6 is 11.6 Å². The molecular formula is C20H21ClN4O. The highest BCUT2D eigenvalue weighted by molar-refractivity contribution is 6.32.